The van der Waals surface area contributed by atoms with Crippen LogP contribution in [-0.2, 0) is 16.1 Å². The lowest BCUT2D eigenvalue weighted by Crippen LogP contribution is -2.51. The number of ether oxygens (including phenoxy) is 1. The molecule has 2 aliphatic carbocycles. The lowest BCUT2D eigenvalue weighted by Gasteiger charge is -2.35. The van der Waals surface area contributed by atoms with Crippen molar-refractivity contribution in [2.75, 3.05) is 11.1 Å². The first kappa shape index (κ1) is 21.1. The molecule has 164 valence electrons. The number of hydrogen-bond acceptors (Lipinski definition) is 7. The van der Waals surface area contributed by atoms with Gasteiger partial charge in [0.15, 0.2) is 11.6 Å². The second-order valence-electron chi connectivity index (χ2n) is 7.90. The second-order valence-corrected chi connectivity index (χ2v) is 8.24. The van der Waals surface area contributed by atoms with Crippen molar-refractivity contribution >= 4 is 35.1 Å². The number of nitrogens with one attached hydrogen (secondary N) is 2. The molecule has 2 fully saturated rings. The topological polar surface area (TPSA) is 145 Å². The Morgan fingerprint density at radius 3 is 2.87 bits per heavy atom. The number of hydrogen-bond donors (Lipinski definition) is 4. The molecule has 1 aromatic carbocycles. The number of primary amides is 1. The summed E-state index contributed by atoms with van der Waals surface area (Å²) >= 11 is 5.77. The summed E-state index contributed by atoms with van der Waals surface area (Å²) in [6.45, 7) is 0.0773. The number of nitrogen functional groups attached to an aromatic ring is 1. The van der Waals surface area contributed by atoms with E-state index in [1.54, 1.807) is 24.3 Å². The number of carbonyl (C=O) groups excluding carboxylic acids is 2. The average molecular weight is 449 g/mol. The highest BCUT2D eigenvalue weighted by atomic mass is 35.5. The van der Waals surface area contributed by atoms with E-state index < -0.39 is 29.8 Å². The molecule has 31 heavy (non-hydrogen) atoms. The van der Waals surface area contributed by atoms with Crippen molar-refractivity contribution in [3.8, 4) is 0 Å². The average Bonchev–Trinajstić information content (AvgIpc) is 3.27. The fraction of sp³-hybridized carbons (Fsp3) is 0.400. The van der Waals surface area contributed by atoms with E-state index in [9.17, 15) is 14.0 Å². The van der Waals surface area contributed by atoms with Crippen LogP contribution in [0, 0.1) is 23.6 Å². The van der Waals surface area contributed by atoms with E-state index >= 15 is 0 Å². The standard InChI is InChI=1S/C20H22ClFN6O3/c21-19-25-7-13(22)18(28-19)27-16-12-5-10(15(16)17(24)29)6-14(12)26-20(30)31-8-9-2-1-3-11(23)4-9/h1-4,7,10,12,14-16H,5-6,8,23H2,(H2,24,29)(H,26,30)(H,25,27,28). The zero-order chi connectivity index (χ0) is 22.1. The molecule has 1 aromatic heterocycles. The van der Waals surface area contributed by atoms with Crippen molar-refractivity contribution in [2.24, 2.45) is 23.5 Å². The van der Waals surface area contributed by atoms with Crippen molar-refractivity contribution in [1.82, 2.24) is 15.3 Å². The maximum Gasteiger partial charge on any atom is 0.407 e. The SMILES string of the molecule is NC(=O)C1C2CC(NC(=O)OCc3cccc(N)c3)C(C2)C1Nc1nc(Cl)ncc1F. The monoisotopic (exact) mass is 448 g/mol. The number of nitrogens with two attached hydrogens (primary N) is 2. The Hall–Kier alpha value is -3.14. The molecule has 11 heteroatoms. The van der Waals surface area contributed by atoms with Gasteiger partial charge >= 0.3 is 6.09 Å². The molecule has 2 aromatic rings. The van der Waals surface area contributed by atoms with Crippen molar-refractivity contribution in [1.29, 1.82) is 0 Å². The lowest BCUT2D eigenvalue weighted by atomic mass is 9.81. The van der Waals surface area contributed by atoms with Gasteiger partial charge in [0.1, 0.15) is 6.61 Å². The maximum absolute atomic E-state index is 14.1. The van der Waals surface area contributed by atoms with Crippen LogP contribution in [0.25, 0.3) is 0 Å². The number of benzene rings is 1. The summed E-state index contributed by atoms with van der Waals surface area (Å²) in [6.07, 6.45) is 1.61. The van der Waals surface area contributed by atoms with Gasteiger partial charge in [0.2, 0.25) is 11.2 Å². The molecule has 2 saturated carbocycles. The molecule has 0 spiro atoms. The van der Waals surface area contributed by atoms with Crippen molar-refractivity contribution in [2.45, 2.75) is 31.5 Å². The van der Waals surface area contributed by atoms with Crippen molar-refractivity contribution in [3.63, 3.8) is 0 Å². The van der Waals surface area contributed by atoms with Crippen LogP contribution < -0.4 is 22.1 Å². The maximum atomic E-state index is 14.1. The van der Waals surface area contributed by atoms with Crippen LogP contribution in [0.4, 0.5) is 20.7 Å². The van der Waals surface area contributed by atoms with Crippen molar-refractivity contribution in [3.05, 3.63) is 47.1 Å². The molecule has 5 unspecified atom stereocenters. The minimum Gasteiger partial charge on any atom is -0.445 e. The Kier molecular flexibility index (Phi) is 5.81. The number of nitrogens with zero attached hydrogens (tertiary/aromatic N) is 2. The lowest BCUT2D eigenvalue weighted by molar-refractivity contribution is -0.123. The third-order valence-electron chi connectivity index (χ3n) is 5.98. The molecular formula is C20H22ClFN6O3. The molecular weight excluding hydrogens is 427 g/mol. The number of anilines is 2. The molecule has 0 radical (unpaired) electrons. The smallest absolute Gasteiger partial charge is 0.407 e. The van der Waals surface area contributed by atoms with Gasteiger partial charge in [-0.25, -0.2) is 14.2 Å². The summed E-state index contributed by atoms with van der Waals surface area (Å²) in [6, 6.07) is 6.29. The molecule has 5 atom stereocenters. The van der Waals surface area contributed by atoms with E-state index in [0.717, 1.165) is 11.8 Å². The van der Waals surface area contributed by atoms with Crippen molar-refractivity contribution < 1.29 is 18.7 Å². The third-order valence-corrected chi connectivity index (χ3v) is 6.16. The van der Waals surface area contributed by atoms with Gasteiger partial charge in [-0.3, -0.25) is 4.79 Å². The highest BCUT2D eigenvalue weighted by Gasteiger charge is 2.55. The predicted molar refractivity (Wildman–Crippen MR) is 111 cm³/mol. The molecule has 0 aliphatic heterocycles. The zero-order valence-electron chi connectivity index (χ0n) is 16.4. The summed E-state index contributed by atoms with van der Waals surface area (Å²) in [7, 11) is 0. The van der Waals surface area contributed by atoms with Crippen LogP contribution >= 0.6 is 11.6 Å². The Balaban J connectivity index is 1.43. The van der Waals surface area contributed by atoms with E-state index in [1.165, 1.54) is 0 Å². The molecule has 0 saturated heterocycles. The minimum atomic E-state index is -0.693. The number of fused-ring (bicyclic) bond motifs is 2. The fourth-order valence-corrected chi connectivity index (χ4v) is 4.90. The van der Waals surface area contributed by atoms with Gasteiger partial charge in [0.25, 0.3) is 0 Å². The first-order chi connectivity index (χ1) is 14.8. The van der Waals surface area contributed by atoms with Gasteiger partial charge in [-0.1, -0.05) is 12.1 Å². The van der Waals surface area contributed by atoms with Crippen LogP contribution in [0.5, 0.6) is 0 Å². The Bertz CT molecular complexity index is 1010. The number of carbonyl (C=O) groups is 2. The highest BCUT2D eigenvalue weighted by molar-refractivity contribution is 6.28. The second kappa shape index (κ2) is 8.54. The van der Waals surface area contributed by atoms with E-state index in [0.29, 0.717) is 18.5 Å². The highest BCUT2D eigenvalue weighted by Crippen LogP contribution is 2.49. The van der Waals surface area contributed by atoms with E-state index in [-0.39, 0.29) is 35.6 Å². The van der Waals surface area contributed by atoms with Crippen LogP contribution in [0.2, 0.25) is 5.28 Å². The van der Waals surface area contributed by atoms with Gasteiger partial charge in [0, 0.05) is 23.7 Å². The summed E-state index contributed by atoms with van der Waals surface area (Å²) in [4.78, 5) is 31.9. The number of rotatable bonds is 6. The molecule has 2 bridgehead atoms. The van der Waals surface area contributed by atoms with Crippen LogP contribution in [0.1, 0.15) is 18.4 Å². The Morgan fingerprint density at radius 2 is 2.13 bits per heavy atom. The number of aromatic nitrogens is 2. The zero-order valence-corrected chi connectivity index (χ0v) is 17.2. The first-order valence-electron chi connectivity index (χ1n) is 9.83. The summed E-state index contributed by atoms with van der Waals surface area (Å²) in [5.74, 6) is -1.99. The number of halogens is 2. The van der Waals surface area contributed by atoms with Gasteiger partial charge in [-0.2, -0.15) is 4.98 Å². The predicted octanol–water partition coefficient (Wildman–Crippen LogP) is 2.07. The minimum absolute atomic E-state index is 0.0420. The molecule has 1 heterocycles. The normalized spacial score (nSPS) is 26.5. The fourth-order valence-electron chi connectivity index (χ4n) is 4.76. The molecule has 2 amide bonds. The van der Waals surface area contributed by atoms with Gasteiger partial charge in [-0.05, 0) is 48.1 Å². The number of alkyl carbamates (subject to hydrolysis) is 1. The van der Waals surface area contributed by atoms with E-state index in [2.05, 4.69) is 20.6 Å². The van der Waals surface area contributed by atoms with Crippen LogP contribution in [0.3, 0.4) is 0 Å². The van der Waals surface area contributed by atoms with E-state index in [1.807, 2.05) is 0 Å². The van der Waals surface area contributed by atoms with Gasteiger partial charge in [0.05, 0.1) is 12.1 Å². The largest absolute Gasteiger partial charge is 0.445 e. The molecule has 2 aliphatic rings. The van der Waals surface area contributed by atoms with Crippen LogP contribution in [-0.4, -0.2) is 34.1 Å². The number of amides is 2. The molecule has 6 N–H and O–H groups in total. The Labute approximate surface area is 182 Å². The van der Waals surface area contributed by atoms with Gasteiger partial charge in [-0.15, -0.1) is 0 Å². The first-order valence-corrected chi connectivity index (χ1v) is 10.2. The quantitative estimate of drug-likeness (QED) is 0.391. The third kappa shape index (κ3) is 4.48. The molecule has 9 nitrogen and oxygen atoms in total. The summed E-state index contributed by atoms with van der Waals surface area (Å²) in [5.41, 5.74) is 12.7. The summed E-state index contributed by atoms with van der Waals surface area (Å²) in [5, 5.41) is 5.70. The van der Waals surface area contributed by atoms with E-state index in [4.69, 9.17) is 27.8 Å². The van der Waals surface area contributed by atoms with Crippen LogP contribution in [0.15, 0.2) is 30.5 Å². The Morgan fingerprint density at radius 1 is 1.32 bits per heavy atom. The molecule has 4 rings (SSSR count). The van der Waals surface area contributed by atoms with Gasteiger partial charge < -0.3 is 26.8 Å². The summed E-state index contributed by atoms with van der Waals surface area (Å²) < 4.78 is 19.4.